The fourth-order valence-corrected chi connectivity index (χ4v) is 3.00. The number of anilines is 1. The van der Waals surface area contributed by atoms with Gasteiger partial charge in [-0.1, -0.05) is 18.2 Å². The first-order chi connectivity index (χ1) is 14.6. The molecule has 158 valence electrons. The van der Waals surface area contributed by atoms with Crippen LogP contribution in [0, 0.1) is 6.92 Å². The lowest BCUT2D eigenvalue weighted by molar-refractivity contribution is 0.102. The van der Waals surface area contributed by atoms with Crippen molar-refractivity contribution in [3.8, 4) is 22.9 Å². The molecule has 1 N–H and O–H groups in total. The van der Waals surface area contributed by atoms with Crippen molar-refractivity contribution in [2.45, 2.75) is 27.7 Å². The Labute approximate surface area is 176 Å². The molecule has 1 amide bonds. The predicted octanol–water partition coefficient (Wildman–Crippen LogP) is 4.63. The second kappa shape index (κ2) is 9.82. The third-order valence-electron chi connectivity index (χ3n) is 4.32. The van der Waals surface area contributed by atoms with Crippen LogP contribution in [0.2, 0.25) is 0 Å². The Balaban J connectivity index is 1.90. The number of para-hydroxylation sites is 1. The lowest BCUT2D eigenvalue weighted by Gasteiger charge is -2.17. The second-order valence-corrected chi connectivity index (χ2v) is 6.50. The highest BCUT2D eigenvalue weighted by Gasteiger charge is 2.19. The van der Waals surface area contributed by atoms with E-state index in [9.17, 15) is 4.79 Å². The average molecular weight is 409 g/mol. The van der Waals surface area contributed by atoms with Gasteiger partial charge in [0.05, 0.1) is 25.5 Å². The highest BCUT2D eigenvalue weighted by Crippen LogP contribution is 2.39. The quantitative estimate of drug-likeness (QED) is 0.558. The Kier molecular flexibility index (Phi) is 6.95. The number of carbonyl (C=O) groups excluding carboxylic acids is 1. The third kappa shape index (κ3) is 4.74. The molecule has 30 heavy (non-hydrogen) atoms. The normalized spacial score (nSPS) is 10.5. The van der Waals surface area contributed by atoms with Crippen LogP contribution in [0.3, 0.4) is 0 Å². The molecule has 0 aliphatic carbocycles. The number of aryl methyl sites for hydroxylation is 1. The highest BCUT2D eigenvalue weighted by atomic mass is 16.5. The van der Waals surface area contributed by atoms with Crippen LogP contribution in [0.1, 0.15) is 36.7 Å². The lowest BCUT2D eigenvalue weighted by Crippen LogP contribution is -2.14. The smallest absolute Gasteiger partial charge is 0.257 e. The molecular weight excluding hydrogens is 382 g/mol. The van der Waals surface area contributed by atoms with E-state index in [1.165, 1.54) is 0 Å². The van der Waals surface area contributed by atoms with Gasteiger partial charge in [0, 0.05) is 17.3 Å². The van der Waals surface area contributed by atoms with Gasteiger partial charge >= 0.3 is 0 Å². The molecule has 0 radical (unpaired) electrons. The Morgan fingerprint density at radius 2 is 1.57 bits per heavy atom. The zero-order chi connectivity index (χ0) is 21.5. The number of hydrogen-bond acceptors (Lipinski definition) is 5. The van der Waals surface area contributed by atoms with Crippen LogP contribution in [0.4, 0.5) is 5.82 Å². The van der Waals surface area contributed by atoms with Crippen molar-refractivity contribution in [1.29, 1.82) is 0 Å². The Morgan fingerprint density at radius 1 is 0.967 bits per heavy atom. The summed E-state index contributed by atoms with van der Waals surface area (Å²) in [6.45, 7) is 8.89. The number of amides is 1. The molecule has 0 aliphatic rings. The number of carbonyl (C=O) groups is 1. The van der Waals surface area contributed by atoms with Crippen molar-refractivity contribution in [1.82, 2.24) is 9.78 Å². The average Bonchev–Trinajstić information content (AvgIpc) is 3.11. The fraction of sp³-hybridized carbons (Fsp3) is 0.304. The molecule has 0 unspecified atom stereocenters. The molecule has 3 rings (SSSR count). The van der Waals surface area contributed by atoms with Crippen molar-refractivity contribution >= 4 is 11.7 Å². The maximum atomic E-state index is 13.0. The summed E-state index contributed by atoms with van der Waals surface area (Å²) < 4.78 is 18.8. The van der Waals surface area contributed by atoms with Crippen LogP contribution in [0.15, 0.2) is 48.7 Å². The van der Waals surface area contributed by atoms with E-state index in [0.717, 1.165) is 11.3 Å². The monoisotopic (exact) mass is 409 g/mol. The van der Waals surface area contributed by atoms with Crippen LogP contribution in [0.5, 0.6) is 17.2 Å². The van der Waals surface area contributed by atoms with E-state index in [4.69, 9.17) is 14.2 Å². The summed E-state index contributed by atoms with van der Waals surface area (Å²) >= 11 is 0. The van der Waals surface area contributed by atoms with E-state index >= 15 is 0 Å². The molecule has 1 heterocycles. The van der Waals surface area contributed by atoms with Gasteiger partial charge in [-0.25, -0.2) is 4.68 Å². The van der Waals surface area contributed by atoms with Gasteiger partial charge in [0.2, 0.25) is 5.75 Å². The van der Waals surface area contributed by atoms with Gasteiger partial charge in [-0.05, 0) is 52.0 Å². The van der Waals surface area contributed by atoms with Crippen molar-refractivity contribution in [3.63, 3.8) is 0 Å². The van der Waals surface area contributed by atoms with Crippen LogP contribution in [-0.2, 0) is 0 Å². The standard InChI is InChI=1S/C23H27N3O4/c1-5-28-19-13-17(14-20(29-6-2)21(19)30-7-3)23(27)24-22-16(4)15-26(25-22)18-11-9-8-10-12-18/h8-15H,5-7H2,1-4H3,(H,24,25,27). The summed E-state index contributed by atoms with van der Waals surface area (Å²) in [5.74, 6) is 1.64. The molecule has 7 nitrogen and oxygen atoms in total. The summed E-state index contributed by atoms with van der Waals surface area (Å²) in [5.41, 5.74) is 2.17. The maximum Gasteiger partial charge on any atom is 0.257 e. The predicted molar refractivity (Wildman–Crippen MR) is 116 cm³/mol. The molecule has 0 spiro atoms. The molecule has 0 fully saturated rings. The van der Waals surface area contributed by atoms with Crippen LogP contribution in [-0.4, -0.2) is 35.5 Å². The summed E-state index contributed by atoms with van der Waals surface area (Å²) in [7, 11) is 0. The fourth-order valence-electron chi connectivity index (χ4n) is 3.00. The zero-order valence-electron chi connectivity index (χ0n) is 17.8. The molecular formula is C23H27N3O4. The molecule has 2 aromatic carbocycles. The summed E-state index contributed by atoms with van der Waals surface area (Å²) in [4.78, 5) is 13.0. The molecule has 0 atom stereocenters. The van der Waals surface area contributed by atoms with Gasteiger partial charge in [0.15, 0.2) is 17.3 Å². The minimum absolute atomic E-state index is 0.304. The van der Waals surface area contributed by atoms with Crippen molar-refractivity contribution in [2.75, 3.05) is 25.1 Å². The number of rotatable bonds is 9. The lowest BCUT2D eigenvalue weighted by atomic mass is 10.1. The van der Waals surface area contributed by atoms with Crippen molar-refractivity contribution in [2.24, 2.45) is 0 Å². The molecule has 0 saturated heterocycles. The molecule has 0 bridgehead atoms. The Morgan fingerprint density at radius 3 is 2.13 bits per heavy atom. The minimum atomic E-state index is -0.304. The van der Waals surface area contributed by atoms with E-state index in [1.54, 1.807) is 16.8 Å². The van der Waals surface area contributed by atoms with Crippen molar-refractivity contribution in [3.05, 3.63) is 59.8 Å². The molecule has 1 aromatic heterocycles. The number of benzene rings is 2. The molecule has 0 aliphatic heterocycles. The third-order valence-corrected chi connectivity index (χ3v) is 4.32. The van der Waals surface area contributed by atoms with Crippen LogP contribution >= 0.6 is 0 Å². The Bertz CT molecular complexity index is 972. The first kappa shape index (κ1) is 21.2. The number of nitrogens with one attached hydrogen (secondary N) is 1. The number of nitrogens with zero attached hydrogens (tertiary/aromatic N) is 2. The van der Waals surface area contributed by atoms with E-state index in [-0.39, 0.29) is 5.91 Å². The van der Waals surface area contributed by atoms with Gasteiger partial charge in [-0.15, -0.1) is 5.10 Å². The summed E-state index contributed by atoms with van der Waals surface area (Å²) in [5, 5.41) is 7.39. The first-order valence-corrected chi connectivity index (χ1v) is 10.1. The summed E-state index contributed by atoms with van der Waals surface area (Å²) in [6.07, 6.45) is 1.88. The number of aromatic nitrogens is 2. The first-order valence-electron chi connectivity index (χ1n) is 10.1. The maximum absolute atomic E-state index is 13.0. The van der Waals surface area contributed by atoms with E-state index in [1.807, 2.05) is 64.2 Å². The number of ether oxygens (including phenoxy) is 3. The SMILES string of the molecule is CCOc1cc(C(=O)Nc2nn(-c3ccccc3)cc2C)cc(OCC)c1OCC. The Hall–Kier alpha value is -3.48. The van der Waals surface area contributed by atoms with Gasteiger partial charge in [0.25, 0.3) is 5.91 Å². The zero-order valence-corrected chi connectivity index (χ0v) is 17.8. The van der Waals surface area contributed by atoms with Gasteiger partial charge in [0.1, 0.15) is 0 Å². The van der Waals surface area contributed by atoms with Gasteiger partial charge in [-0.2, -0.15) is 0 Å². The topological polar surface area (TPSA) is 74.6 Å². The largest absolute Gasteiger partial charge is 0.490 e. The van der Waals surface area contributed by atoms with E-state index in [0.29, 0.717) is 48.5 Å². The molecule has 3 aromatic rings. The van der Waals surface area contributed by atoms with E-state index in [2.05, 4.69) is 10.4 Å². The van der Waals surface area contributed by atoms with Crippen LogP contribution < -0.4 is 19.5 Å². The molecule has 7 heteroatoms. The van der Waals surface area contributed by atoms with E-state index < -0.39 is 0 Å². The van der Waals surface area contributed by atoms with Crippen molar-refractivity contribution < 1.29 is 19.0 Å². The number of hydrogen-bond donors (Lipinski definition) is 1. The molecule has 0 saturated carbocycles. The second-order valence-electron chi connectivity index (χ2n) is 6.50. The van der Waals surface area contributed by atoms with Gasteiger partial charge in [-0.3, -0.25) is 4.79 Å². The highest BCUT2D eigenvalue weighted by molar-refractivity contribution is 6.05. The summed E-state index contributed by atoms with van der Waals surface area (Å²) in [6, 6.07) is 13.1. The van der Waals surface area contributed by atoms with Crippen LogP contribution in [0.25, 0.3) is 5.69 Å². The van der Waals surface area contributed by atoms with Gasteiger partial charge < -0.3 is 19.5 Å². The minimum Gasteiger partial charge on any atom is -0.490 e.